The van der Waals surface area contributed by atoms with Crippen molar-refractivity contribution in [3.8, 4) is 0 Å². The number of hydrogen-bond donors (Lipinski definition) is 0. The van der Waals surface area contributed by atoms with E-state index in [1.165, 1.54) is 12.8 Å². The van der Waals surface area contributed by atoms with Gasteiger partial charge >= 0.3 is 0 Å². The molecule has 0 radical (unpaired) electrons. The number of amides is 1. The number of halogens is 1. The fourth-order valence-corrected chi connectivity index (χ4v) is 1.77. The van der Waals surface area contributed by atoms with Crippen LogP contribution in [0.2, 0.25) is 0 Å². The molecular weight excluding hydrogens is 296 g/mol. The standard InChI is InChI=1S/C13H17BrN2O2/c1-16(6-7-18-9-10-2-3-10)13(17)12-5-4-11(14)8-15-12/h4-5,8,10H,2-3,6-7,9H2,1H3. The number of ether oxygens (including phenoxy) is 1. The molecule has 0 N–H and O–H groups in total. The number of likely N-dealkylation sites (N-methyl/N-ethyl adjacent to an activating group) is 1. The van der Waals surface area contributed by atoms with Crippen LogP contribution in [-0.2, 0) is 4.74 Å². The van der Waals surface area contributed by atoms with Crippen molar-refractivity contribution in [3.05, 3.63) is 28.5 Å². The molecule has 18 heavy (non-hydrogen) atoms. The molecule has 0 atom stereocenters. The van der Waals surface area contributed by atoms with Gasteiger partial charge in [-0.25, -0.2) is 4.98 Å². The molecule has 0 bridgehead atoms. The summed E-state index contributed by atoms with van der Waals surface area (Å²) in [7, 11) is 1.77. The van der Waals surface area contributed by atoms with Crippen LogP contribution in [-0.4, -0.2) is 42.6 Å². The highest BCUT2D eigenvalue weighted by Gasteiger charge is 2.21. The minimum absolute atomic E-state index is 0.0717. The monoisotopic (exact) mass is 312 g/mol. The first kappa shape index (κ1) is 13.5. The molecule has 4 nitrogen and oxygen atoms in total. The molecule has 1 aliphatic rings. The van der Waals surface area contributed by atoms with Gasteiger partial charge in [0.05, 0.1) is 6.61 Å². The van der Waals surface area contributed by atoms with Gasteiger partial charge in [0, 0.05) is 30.9 Å². The lowest BCUT2D eigenvalue weighted by molar-refractivity contribution is 0.0676. The second kappa shape index (κ2) is 6.29. The second-order valence-corrected chi connectivity index (χ2v) is 5.52. The van der Waals surface area contributed by atoms with Crippen LogP contribution in [0.5, 0.6) is 0 Å². The fraction of sp³-hybridized carbons (Fsp3) is 0.538. The summed E-state index contributed by atoms with van der Waals surface area (Å²) in [5.74, 6) is 0.691. The molecule has 1 fully saturated rings. The molecule has 1 heterocycles. The van der Waals surface area contributed by atoms with Crippen LogP contribution in [0, 0.1) is 5.92 Å². The van der Waals surface area contributed by atoms with E-state index < -0.39 is 0 Å². The maximum Gasteiger partial charge on any atom is 0.272 e. The molecule has 1 aromatic rings. The van der Waals surface area contributed by atoms with E-state index in [1.54, 1.807) is 24.2 Å². The fourth-order valence-electron chi connectivity index (χ4n) is 1.54. The van der Waals surface area contributed by atoms with Crippen molar-refractivity contribution in [2.75, 3.05) is 26.8 Å². The first-order chi connectivity index (χ1) is 8.66. The van der Waals surface area contributed by atoms with Gasteiger partial charge in [0.25, 0.3) is 5.91 Å². The number of rotatable bonds is 6. The molecule has 0 saturated heterocycles. The lowest BCUT2D eigenvalue weighted by Gasteiger charge is -2.16. The minimum atomic E-state index is -0.0717. The smallest absolute Gasteiger partial charge is 0.272 e. The predicted octanol–water partition coefficient (Wildman–Crippen LogP) is 2.34. The Morgan fingerprint density at radius 1 is 1.56 bits per heavy atom. The number of carbonyl (C=O) groups is 1. The summed E-state index contributed by atoms with van der Waals surface area (Å²) in [6.07, 6.45) is 4.21. The van der Waals surface area contributed by atoms with E-state index in [2.05, 4.69) is 20.9 Å². The first-order valence-corrected chi connectivity index (χ1v) is 6.91. The van der Waals surface area contributed by atoms with Gasteiger partial charge in [-0.1, -0.05) is 0 Å². The number of hydrogen-bond acceptors (Lipinski definition) is 3. The second-order valence-electron chi connectivity index (χ2n) is 4.61. The summed E-state index contributed by atoms with van der Waals surface area (Å²) in [5, 5.41) is 0. The highest BCUT2D eigenvalue weighted by Crippen LogP contribution is 2.28. The summed E-state index contributed by atoms with van der Waals surface area (Å²) >= 11 is 3.29. The molecule has 1 aliphatic carbocycles. The molecule has 0 unspecified atom stereocenters. The normalized spacial score (nSPS) is 14.6. The number of aromatic nitrogens is 1. The Morgan fingerprint density at radius 2 is 2.33 bits per heavy atom. The molecule has 1 aromatic heterocycles. The van der Waals surface area contributed by atoms with Crippen molar-refractivity contribution < 1.29 is 9.53 Å². The van der Waals surface area contributed by atoms with E-state index in [1.807, 2.05) is 6.07 Å². The van der Waals surface area contributed by atoms with Gasteiger partial charge in [0.2, 0.25) is 0 Å². The van der Waals surface area contributed by atoms with Crippen LogP contribution in [0.15, 0.2) is 22.8 Å². The first-order valence-electron chi connectivity index (χ1n) is 6.11. The molecule has 98 valence electrons. The SMILES string of the molecule is CN(CCOCC1CC1)C(=O)c1ccc(Br)cn1. The quantitative estimate of drug-likeness (QED) is 0.757. The lowest BCUT2D eigenvalue weighted by atomic mass is 10.3. The van der Waals surface area contributed by atoms with Crippen molar-refractivity contribution in [2.45, 2.75) is 12.8 Å². The van der Waals surface area contributed by atoms with E-state index in [-0.39, 0.29) is 5.91 Å². The van der Waals surface area contributed by atoms with Crippen LogP contribution in [0.25, 0.3) is 0 Å². The Balaban J connectivity index is 1.74. The largest absolute Gasteiger partial charge is 0.379 e. The zero-order chi connectivity index (χ0) is 13.0. The van der Waals surface area contributed by atoms with Crippen LogP contribution >= 0.6 is 15.9 Å². The van der Waals surface area contributed by atoms with Gasteiger partial charge in [0.15, 0.2) is 0 Å². The Labute approximate surface area is 115 Å². The van der Waals surface area contributed by atoms with Crippen LogP contribution in [0.1, 0.15) is 23.3 Å². The van der Waals surface area contributed by atoms with Crippen LogP contribution in [0.4, 0.5) is 0 Å². The Kier molecular flexibility index (Phi) is 4.72. The van der Waals surface area contributed by atoms with Crippen molar-refractivity contribution >= 4 is 21.8 Å². The topological polar surface area (TPSA) is 42.4 Å². The van der Waals surface area contributed by atoms with Crippen molar-refractivity contribution in [1.82, 2.24) is 9.88 Å². The average molecular weight is 313 g/mol. The summed E-state index contributed by atoms with van der Waals surface area (Å²) < 4.78 is 6.38. The highest BCUT2D eigenvalue weighted by atomic mass is 79.9. The molecule has 2 rings (SSSR count). The van der Waals surface area contributed by atoms with E-state index >= 15 is 0 Å². The Morgan fingerprint density at radius 3 is 2.94 bits per heavy atom. The van der Waals surface area contributed by atoms with Crippen LogP contribution in [0.3, 0.4) is 0 Å². The summed E-state index contributed by atoms with van der Waals surface area (Å²) in [6, 6.07) is 3.53. The Bertz CT molecular complexity index is 404. The number of nitrogens with zero attached hydrogens (tertiary/aromatic N) is 2. The van der Waals surface area contributed by atoms with E-state index in [0.29, 0.717) is 18.8 Å². The van der Waals surface area contributed by atoms with E-state index in [9.17, 15) is 4.79 Å². The van der Waals surface area contributed by atoms with Crippen molar-refractivity contribution in [1.29, 1.82) is 0 Å². The molecule has 0 spiro atoms. The average Bonchev–Trinajstić information content (AvgIpc) is 3.18. The van der Waals surface area contributed by atoms with Crippen molar-refractivity contribution in [3.63, 3.8) is 0 Å². The van der Waals surface area contributed by atoms with Gasteiger partial charge in [-0.3, -0.25) is 4.79 Å². The predicted molar refractivity (Wildman–Crippen MR) is 72.4 cm³/mol. The summed E-state index contributed by atoms with van der Waals surface area (Å²) in [4.78, 5) is 17.7. The molecule has 5 heteroatoms. The van der Waals surface area contributed by atoms with Gasteiger partial charge in [-0.2, -0.15) is 0 Å². The summed E-state index contributed by atoms with van der Waals surface area (Å²) in [5.41, 5.74) is 0.461. The molecule has 1 saturated carbocycles. The summed E-state index contributed by atoms with van der Waals surface area (Å²) in [6.45, 7) is 2.02. The number of carbonyl (C=O) groups excluding carboxylic acids is 1. The molecule has 0 aromatic carbocycles. The zero-order valence-corrected chi connectivity index (χ0v) is 12.0. The maximum atomic E-state index is 12.0. The Hall–Kier alpha value is -0.940. The van der Waals surface area contributed by atoms with Gasteiger partial charge in [-0.15, -0.1) is 0 Å². The third-order valence-electron chi connectivity index (χ3n) is 2.91. The van der Waals surface area contributed by atoms with Gasteiger partial charge in [0.1, 0.15) is 5.69 Å². The third-order valence-corrected chi connectivity index (χ3v) is 3.38. The van der Waals surface area contributed by atoms with Gasteiger partial charge in [-0.05, 0) is 46.8 Å². The highest BCUT2D eigenvalue weighted by molar-refractivity contribution is 9.10. The van der Waals surface area contributed by atoms with Crippen LogP contribution < -0.4 is 0 Å². The third kappa shape index (κ3) is 4.07. The van der Waals surface area contributed by atoms with E-state index in [4.69, 9.17) is 4.74 Å². The van der Waals surface area contributed by atoms with Crippen molar-refractivity contribution in [2.24, 2.45) is 5.92 Å². The zero-order valence-electron chi connectivity index (χ0n) is 10.4. The van der Waals surface area contributed by atoms with Gasteiger partial charge < -0.3 is 9.64 Å². The lowest BCUT2D eigenvalue weighted by Crippen LogP contribution is -2.30. The molecular formula is C13H17BrN2O2. The number of pyridine rings is 1. The minimum Gasteiger partial charge on any atom is -0.379 e. The molecule has 0 aliphatic heterocycles. The molecule has 1 amide bonds. The van der Waals surface area contributed by atoms with E-state index in [0.717, 1.165) is 17.0 Å². The maximum absolute atomic E-state index is 12.0.